The summed E-state index contributed by atoms with van der Waals surface area (Å²) in [5.74, 6) is 0.194. The van der Waals surface area contributed by atoms with E-state index in [4.69, 9.17) is 5.26 Å². The highest BCUT2D eigenvalue weighted by Gasteiger charge is 2.24. The lowest BCUT2D eigenvalue weighted by Gasteiger charge is -2.21. The Morgan fingerprint density at radius 1 is 1.47 bits per heavy atom. The number of nitriles is 1. The van der Waals surface area contributed by atoms with E-state index in [1.165, 1.54) is 0 Å². The van der Waals surface area contributed by atoms with E-state index in [-0.39, 0.29) is 5.91 Å². The van der Waals surface area contributed by atoms with Crippen LogP contribution in [-0.4, -0.2) is 23.4 Å². The molecule has 1 aliphatic heterocycles. The van der Waals surface area contributed by atoms with Crippen molar-refractivity contribution in [3.05, 3.63) is 35.4 Å². The molecular formula is C14H16N2O. The van der Waals surface area contributed by atoms with Crippen LogP contribution in [0, 0.1) is 11.3 Å². The Hall–Kier alpha value is -1.82. The smallest absolute Gasteiger partial charge is 0.227 e. The van der Waals surface area contributed by atoms with E-state index in [9.17, 15) is 4.79 Å². The monoisotopic (exact) mass is 228 g/mol. The van der Waals surface area contributed by atoms with E-state index in [1.807, 2.05) is 17.0 Å². The molecule has 0 saturated carbocycles. The first kappa shape index (κ1) is 11.7. The van der Waals surface area contributed by atoms with Gasteiger partial charge >= 0.3 is 0 Å². The fourth-order valence-electron chi connectivity index (χ4n) is 2.28. The maximum Gasteiger partial charge on any atom is 0.227 e. The van der Waals surface area contributed by atoms with Gasteiger partial charge in [-0.3, -0.25) is 4.79 Å². The molecule has 1 aliphatic rings. The number of benzene rings is 1. The Morgan fingerprint density at radius 3 is 2.71 bits per heavy atom. The highest BCUT2D eigenvalue weighted by molar-refractivity contribution is 5.79. The minimum Gasteiger partial charge on any atom is -0.340 e. The topological polar surface area (TPSA) is 44.1 Å². The number of amides is 1. The fraction of sp³-hybridized carbons (Fsp3) is 0.429. The highest BCUT2D eigenvalue weighted by Crippen LogP contribution is 2.17. The minimum absolute atomic E-state index is 0.194. The minimum atomic E-state index is 0.194. The summed E-state index contributed by atoms with van der Waals surface area (Å²) in [4.78, 5) is 14.0. The first-order valence-electron chi connectivity index (χ1n) is 5.99. The first-order valence-corrected chi connectivity index (χ1v) is 5.99. The van der Waals surface area contributed by atoms with Gasteiger partial charge in [-0.2, -0.15) is 5.26 Å². The van der Waals surface area contributed by atoms with Crippen LogP contribution in [0.1, 0.15) is 30.9 Å². The van der Waals surface area contributed by atoms with Crippen LogP contribution in [0.4, 0.5) is 0 Å². The largest absolute Gasteiger partial charge is 0.340 e. The van der Waals surface area contributed by atoms with Gasteiger partial charge in [0.25, 0.3) is 0 Å². The van der Waals surface area contributed by atoms with Crippen LogP contribution in [0.3, 0.4) is 0 Å². The molecule has 1 heterocycles. The van der Waals surface area contributed by atoms with Gasteiger partial charge < -0.3 is 4.90 Å². The lowest BCUT2D eigenvalue weighted by Crippen LogP contribution is -2.34. The molecule has 1 unspecified atom stereocenters. The molecule has 1 amide bonds. The van der Waals surface area contributed by atoms with Crippen molar-refractivity contribution in [2.45, 2.75) is 32.2 Å². The van der Waals surface area contributed by atoms with Crippen molar-refractivity contribution >= 4 is 5.91 Å². The summed E-state index contributed by atoms with van der Waals surface area (Å²) in [5.41, 5.74) is 1.61. The second-order valence-electron chi connectivity index (χ2n) is 4.56. The van der Waals surface area contributed by atoms with Gasteiger partial charge in [-0.25, -0.2) is 0 Å². The molecule has 1 fully saturated rings. The van der Waals surface area contributed by atoms with Crippen molar-refractivity contribution in [3.8, 4) is 6.07 Å². The van der Waals surface area contributed by atoms with E-state index < -0.39 is 0 Å². The second-order valence-corrected chi connectivity index (χ2v) is 4.56. The van der Waals surface area contributed by atoms with Crippen LogP contribution >= 0.6 is 0 Å². The van der Waals surface area contributed by atoms with E-state index in [2.05, 4.69) is 13.0 Å². The number of hydrogen-bond acceptors (Lipinski definition) is 2. The Morgan fingerprint density at radius 2 is 2.18 bits per heavy atom. The lowest BCUT2D eigenvalue weighted by molar-refractivity contribution is -0.130. The molecule has 1 saturated heterocycles. The summed E-state index contributed by atoms with van der Waals surface area (Å²) in [5, 5.41) is 8.69. The number of nitrogens with zero attached hydrogens (tertiary/aromatic N) is 2. The number of likely N-dealkylation sites (tertiary alicyclic amines) is 1. The van der Waals surface area contributed by atoms with Gasteiger partial charge in [-0.15, -0.1) is 0 Å². The van der Waals surface area contributed by atoms with Gasteiger partial charge in [0.1, 0.15) is 0 Å². The normalized spacial score (nSPS) is 19.1. The summed E-state index contributed by atoms with van der Waals surface area (Å²) >= 11 is 0. The molecule has 2 rings (SSSR count). The van der Waals surface area contributed by atoms with E-state index in [0.29, 0.717) is 18.0 Å². The Bertz CT molecular complexity index is 444. The van der Waals surface area contributed by atoms with Gasteiger partial charge in [-0.1, -0.05) is 12.1 Å². The zero-order valence-corrected chi connectivity index (χ0v) is 10.0. The fourth-order valence-corrected chi connectivity index (χ4v) is 2.28. The summed E-state index contributed by atoms with van der Waals surface area (Å²) in [6.07, 6.45) is 2.66. The highest BCUT2D eigenvalue weighted by atomic mass is 16.2. The van der Waals surface area contributed by atoms with Crippen molar-refractivity contribution < 1.29 is 4.79 Å². The third-order valence-electron chi connectivity index (χ3n) is 3.31. The molecule has 88 valence electrons. The average molecular weight is 228 g/mol. The molecule has 1 aromatic rings. The number of rotatable bonds is 2. The van der Waals surface area contributed by atoms with Crippen LogP contribution < -0.4 is 0 Å². The van der Waals surface area contributed by atoms with E-state index >= 15 is 0 Å². The van der Waals surface area contributed by atoms with E-state index in [0.717, 1.165) is 24.9 Å². The predicted octanol–water partition coefficient (Wildman–Crippen LogP) is 2.11. The van der Waals surface area contributed by atoms with Gasteiger partial charge in [0.15, 0.2) is 0 Å². The van der Waals surface area contributed by atoms with E-state index in [1.54, 1.807) is 12.1 Å². The molecular weight excluding hydrogens is 212 g/mol. The van der Waals surface area contributed by atoms with Gasteiger partial charge in [-0.05, 0) is 37.5 Å². The molecule has 1 atom stereocenters. The number of carbonyl (C=O) groups is 1. The average Bonchev–Trinajstić information content (AvgIpc) is 2.76. The number of carbonyl (C=O) groups excluding carboxylic acids is 1. The van der Waals surface area contributed by atoms with Crippen molar-refractivity contribution in [1.29, 1.82) is 5.26 Å². The molecule has 0 radical (unpaired) electrons. The predicted molar refractivity (Wildman–Crippen MR) is 65.3 cm³/mol. The Labute approximate surface area is 102 Å². The zero-order chi connectivity index (χ0) is 12.3. The molecule has 0 spiro atoms. The second kappa shape index (κ2) is 5.01. The van der Waals surface area contributed by atoms with Crippen LogP contribution in [0.15, 0.2) is 24.3 Å². The van der Waals surface area contributed by atoms with Crippen molar-refractivity contribution in [1.82, 2.24) is 4.90 Å². The number of hydrogen-bond donors (Lipinski definition) is 0. The standard InChI is InChI=1S/C14H16N2O/c1-11-3-2-8-16(11)14(17)9-12-4-6-13(10-15)7-5-12/h4-7,11H,2-3,8-9H2,1H3. The molecule has 0 N–H and O–H groups in total. The molecule has 17 heavy (non-hydrogen) atoms. The van der Waals surface area contributed by atoms with Gasteiger partial charge in [0.05, 0.1) is 18.1 Å². The summed E-state index contributed by atoms with van der Waals surface area (Å²) in [6.45, 7) is 2.99. The zero-order valence-electron chi connectivity index (χ0n) is 10.0. The quantitative estimate of drug-likeness (QED) is 0.778. The molecule has 3 nitrogen and oxygen atoms in total. The van der Waals surface area contributed by atoms with Crippen LogP contribution in [-0.2, 0) is 11.2 Å². The molecule has 0 bridgehead atoms. The molecule has 0 aliphatic carbocycles. The maximum atomic E-state index is 12.0. The molecule has 0 aromatic heterocycles. The van der Waals surface area contributed by atoms with Gasteiger partial charge in [0, 0.05) is 12.6 Å². The van der Waals surface area contributed by atoms with Crippen molar-refractivity contribution in [2.24, 2.45) is 0 Å². The third-order valence-corrected chi connectivity index (χ3v) is 3.31. The molecule has 1 aromatic carbocycles. The summed E-state index contributed by atoms with van der Waals surface area (Å²) < 4.78 is 0. The van der Waals surface area contributed by atoms with Crippen molar-refractivity contribution in [3.63, 3.8) is 0 Å². The third kappa shape index (κ3) is 2.65. The molecule has 3 heteroatoms. The lowest BCUT2D eigenvalue weighted by atomic mass is 10.1. The Balaban J connectivity index is 2.00. The Kier molecular flexibility index (Phi) is 3.43. The van der Waals surface area contributed by atoms with Crippen LogP contribution in [0.25, 0.3) is 0 Å². The van der Waals surface area contributed by atoms with Crippen LogP contribution in [0.2, 0.25) is 0 Å². The SMILES string of the molecule is CC1CCCN1C(=O)Cc1ccc(C#N)cc1. The summed E-state index contributed by atoms with van der Waals surface area (Å²) in [6, 6.07) is 9.69. The maximum absolute atomic E-state index is 12.0. The first-order chi connectivity index (χ1) is 8.20. The summed E-state index contributed by atoms with van der Waals surface area (Å²) in [7, 11) is 0. The van der Waals surface area contributed by atoms with Crippen molar-refractivity contribution in [2.75, 3.05) is 6.54 Å². The van der Waals surface area contributed by atoms with Crippen LogP contribution in [0.5, 0.6) is 0 Å². The van der Waals surface area contributed by atoms with Gasteiger partial charge in [0.2, 0.25) is 5.91 Å².